The van der Waals surface area contributed by atoms with Gasteiger partial charge in [0.25, 0.3) is 0 Å². The van der Waals surface area contributed by atoms with Crippen LogP contribution in [0.25, 0.3) is 82.8 Å². The Hall–Kier alpha value is -9.90. The summed E-state index contributed by atoms with van der Waals surface area (Å²) in [4.78, 5) is 7.56. The molecule has 4 heteroatoms. The minimum Gasteiger partial charge on any atom is -0.309 e. The van der Waals surface area contributed by atoms with Crippen LogP contribution in [0.4, 0.5) is 51.2 Å². The van der Waals surface area contributed by atoms with Gasteiger partial charge in [-0.3, -0.25) is 0 Å². The largest absolute Gasteiger partial charge is 0.309 e. The van der Waals surface area contributed by atoms with Gasteiger partial charge < -0.3 is 19.3 Å². The Balaban J connectivity index is 1.06. The van der Waals surface area contributed by atoms with Gasteiger partial charge in [0.15, 0.2) is 0 Å². The van der Waals surface area contributed by atoms with Gasteiger partial charge in [0.1, 0.15) is 0 Å². The van der Waals surface area contributed by atoms with E-state index in [0.717, 1.165) is 73.5 Å². The van der Waals surface area contributed by atoms with Gasteiger partial charge in [0, 0.05) is 22.1 Å². The second-order valence-electron chi connectivity index (χ2n) is 19.3. The number of para-hydroxylation sites is 1. The number of fused-ring (bicyclic) bond motifs is 9. The van der Waals surface area contributed by atoms with Crippen molar-refractivity contribution in [3.05, 3.63) is 279 Å². The average molecular weight is 943 g/mol. The van der Waals surface area contributed by atoms with E-state index in [9.17, 15) is 0 Å². The summed E-state index contributed by atoms with van der Waals surface area (Å²) in [6.07, 6.45) is 0. The maximum absolute atomic E-state index is 2.56. The molecule has 4 nitrogen and oxygen atoms in total. The van der Waals surface area contributed by atoms with E-state index in [4.69, 9.17) is 0 Å². The van der Waals surface area contributed by atoms with Gasteiger partial charge >= 0.3 is 0 Å². The minimum absolute atomic E-state index is 1.07. The molecule has 0 spiro atoms. The van der Waals surface area contributed by atoms with Crippen molar-refractivity contribution < 1.29 is 0 Å². The quantitative estimate of drug-likeness (QED) is 0.158. The summed E-state index contributed by atoms with van der Waals surface area (Å²) in [5, 5.41) is 4.96. The maximum Gasteiger partial charge on any atom is 0.0949 e. The molecule has 1 aromatic heterocycles. The molecule has 15 rings (SSSR count). The number of hydrogen-bond donors (Lipinski definition) is 0. The molecule has 0 N–H and O–H groups in total. The lowest BCUT2D eigenvalue weighted by molar-refractivity contribution is 1.10. The number of rotatable bonds is 7. The first-order chi connectivity index (χ1) is 36.7. The molecule has 0 saturated carbocycles. The second-order valence-corrected chi connectivity index (χ2v) is 19.3. The Kier molecular flexibility index (Phi) is 9.54. The fraction of sp³-hybridized carbons (Fsp3) is 0. The molecular weight excluding hydrogens is 897 g/mol. The van der Waals surface area contributed by atoms with E-state index in [1.165, 1.54) is 60.4 Å². The number of benzene rings is 12. The molecule has 2 aliphatic rings. The van der Waals surface area contributed by atoms with E-state index < -0.39 is 0 Å². The van der Waals surface area contributed by atoms with Gasteiger partial charge in [-0.1, -0.05) is 206 Å². The Morgan fingerprint density at radius 1 is 0.216 bits per heavy atom. The van der Waals surface area contributed by atoms with Crippen LogP contribution < -0.4 is 14.7 Å². The zero-order valence-electron chi connectivity index (χ0n) is 40.3. The molecule has 74 heavy (non-hydrogen) atoms. The van der Waals surface area contributed by atoms with E-state index in [2.05, 4.69) is 298 Å². The van der Waals surface area contributed by atoms with Crippen LogP contribution in [0, 0.1) is 0 Å². The third-order valence-corrected chi connectivity index (χ3v) is 15.2. The van der Waals surface area contributed by atoms with Crippen molar-refractivity contribution >= 4 is 83.8 Å². The van der Waals surface area contributed by atoms with Crippen LogP contribution in [-0.2, 0) is 0 Å². The molecule has 0 saturated heterocycles. The monoisotopic (exact) mass is 942 g/mol. The molecule has 0 unspecified atom stereocenters. The van der Waals surface area contributed by atoms with Crippen LogP contribution in [0.2, 0.25) is 0 Å². The van der Waals surface area contributed by atoms with Crippen molar-refractivity contribution in [2.45, 2.75) is 0 Å². The fourth-order valence-corrected chi connectivity index (χ4v) is 11.8. The molecule has 0 amide bonds. The molecular formula is C70H46N4. The van der Waals surface area contributed by atoms with Gasteiger partial charge in [0.2, 0.25) is 0 Å². The molecule has 0 radical (unpaired) electrons. The highest BCUT2D eigenvalue weighted by Crippen LogP contribution is 2.65. The van der Waals surface area contributed by atoms with Gasteiger partial charge in [-0.25, -0.2) is 0 Å². The SMILES string of the molecule is c1ccc(-c2ccc(N3c4ccc(-c5ccccc5)cc4N4c5cc(-c6ccccc6)ccc5N(c5ccc(-c6ccccc6)cc5)c5cc(-n6c7ccccc7c7c8ccccc8ccc76)cc3c54)cc2)cc1. The highest BCUT2D eigenvalue weighted by molar-refractivity contribution is 6.22. The van der Waals surface area contributed by atoms with E-state index in [1.54, 1.807) is 0 Å². The normalized spacial score (nSPS) is 12.5. The van der Waals surface area contributed by atoms with Crippen LogP contribution in [0.15, 0.2) is 279 Å². The second kappa shape index (κ2) is 16.9. The van der Waals surface area contributed by atoms with E-state index >= 15 is 0 Å². The molecule has 0 atom stereocenters. The Labute approximate surface area is 430 Å². The summed E-state index contributed by atoms with van der Waals surface area (Å²) in [5.41, 5.74) is 22.6. The van der Waals surface area contributed by atoms with Gasteiger partial charge in [-0.05, 0) is 128 Å². The fourth-order valence-electron chi connectivity index (χ4n) is 11.8. The van der Waals surface area contributed by atoms with E-state index in [-0.39, 0.29) is 0 Å². The standard InChI is InChI=1S/C70H46N4/c1-5-17-47(18-6-1)51-29-36-56(37-30-51)71-62-40-34-54(49-21-9-3-10-22-49)43-65(62)74-66-44-55(50-23-11-4-12-24-50)35-41-63(66)72(57-38-31-52(32-39-57)48-19-7-2-8-20-48)68-46-58(45-67(71)70(68)74)73-61-28-16-15-27-60(61)69-59-26-14-13-25-53(59)33-42-64(69)73/h1-46H. The summed E-state index contributed by atoms with van der Waals surface area (Å²) in [5.74, 6) is 0. The van der Waals surface area contributed by atoms with Crippen molar-refractivity contribution in [1.82, 2.24) is 4.57 Å². The van der Waals surface area contributed by atoms with Crippen molar-refractivity contribution in [3.8, 4) is 50.2 Å². The van der Waals surface area contributed by atoms with Crippen LogP contribution in [-0.4, -0.2) is 4.57 Å². The number of hydrogen-bond acceptors (Lipinski definition) is 3. The molecule has 346 valence electrons. The lowest BCUT2D eigenvalue weighted by Gasteiger charge is -2.47. The molecule has 0 fully saturated rings. The molecule has 0 aliphatic carbocycles. The third kappa shape index (κ3) is 6.62. The van der Waals surface area contributed by atoms with Crippen LogP contribution in [0.3, 0.4) is 0 Å². The van der Waals surface area contributed by atoms with E-state index in [0.29, 0.717) is 0 Å². The van der Waals surface area contributed by atoms with Crippen molar-refractivity contribution in [2.75, 3.05) is 14.7 Å². The highest BCUT2D eigenvalue weighted by Gasteiger charge is 2.40. The van der Waals surface area contributed by atoms with Crippen molar-refractivity contribution in [1.29, 1.82) is 0 Å². The van der Waals surface area contributed by atoms with Crippen LogP contribution >= 0.6 is 0 Å². The number of aromatic nitrogens is 1. The van der Waals surface area contributed by atoms with Crippen LogP contribution in [0.5, 0.6) is 0 Å². The summed E-state index contributed by atoms with van der Waals surface area (Å²) in [6, 6.07) is 102. The predicted molar refractivity (Wildman–Crippen MR) is 311 cm³/mol. The molecule has 3 heterocycles. The predicted octanol–water partition coefficient (Wildman–Crippen LogP) is 19.6. The first-order valence-corrected chi connectivity index (χ1v) is 25.4. The average Bonchev–Trinajstić information content (AvgIpc) is 3.84. The lowest BCUT2D eigenvalue weighted by Crippen LogP contribution is -2.30. The maximum atomic E-state index is 2.56. The van der Waals surface area contributed by atoms with Gasteiger partial charge in [0.05, 0.1) is 56.5 Å². The number of nitrogens with zero attached hydrogens (tertiary/aromatic N) is 4. The molecule has 2 aliphatic heterocycles. The zero-order valence-corrected chi connectivity index (χ0v) is 40.3. The van der Waals surface area contributed by atoms with Crippen molar-refractivity contribution in [3.63, 3.8) is 0 Å². The molecule has 13 aromatic rings. The smallest absolute Gasteiger partial charge is 0.0949 e. The van der Waals surface area contributed by atoms with Gasteiger partial charge in [-0.2, -0.15) is 0 Å². The Bertz CT molecular complexity index is 4080. The molecule has 0 bridgehead atoms. The highest BCUT2D eigenvalue weighted by atomic mass is 15.3. The molecule has 12 aromatic carbocycles. The Morgan fingerprint density at radius 3 is 1.12 bits per heavy atom. The van der Waals surface area contributed by atoms with Crippen molar-refractivity contribution in [2.24, 2.45) is 0 Å². The summed E-state index contributed by atoms with van der Waals surface area (Å²) in [6.45, 7) is 0. The summed E-state index contributed by atoms with van der Waals surface area (Å²) in [7, 11) is 0. The summed E-state index contributed by atoms with van der Waals surface area (Å²) >= 11 is 0. The number of anilines is 9. The lowest BCUT2D eigenvalue weighted by atomic mass is 9.94. The minimum atomic E-state index is 1.07. The topological polar surface area (TPSA) is 14.7 Å². The first kappa shape index (κ1) is 41.8. The third-order valence-electron chi connectivity index (χ3n) is 15.2. The Morgan fingerprint density at radius 2 is 0.622 bits per heavy atom. The van der Waals surface area contributed by atoms with Crippen LogP contribution in [0.1, 0.15) is 0 Å². The van der Waals surface area contributed by atoms with Gasteiger partial charge in [-0.15, -0.1) is 0 Å². The summed E-state index contributed by atoms with van der Waals surface area (Å²) < 4.78 is 2.49. The van der Waals surface area contributed by atoms with E-state index in [1.807, 2.05) is 0 Å². The zero-order chi connectivity index (χ0) is 48.7. The first-order valence-electron chi connectivity index (χ1n) is 25.4.